The predicted molar refractivity (Wildman–Crippen MR) is 78.8 cm³/mol. The van der Waals surface area contributed by atoms with E-state index < -0.39 is 0 Å². The van der Waals surface area contributed by atoms with Gasteiger partial charge < -0.3 is 5.32 Å². The SMILES string of the molecule is CC(C)Cn1ncc(NC(C)C2CCC2)c(Cl)c1=O. The normalized spacial score (nSPS) is 17.3. The van der Waals surface area contributed by atoms with Crippen molar-refractivity contribution in [1.82, 2.24) is 9.78 Å². The molecule has 2 rings (SSSR count). The highest BCUT2D eigenvalue weighted by Gasteiger charge is 2.24. The molecule has 4 nitrogen and oxygen atoms in total. The van der Waals surface area contributed by atoms with Gasteiger partial charge in [-0.15, -0.1) is 0 Å². The van der Waals surface area contributed by atoms with Crippen LogP contribution < -0.4 is 10.9 Å². The van der Waals surface area contributed by atoms with Gasteiger partial charge in [0, 0.05) is 12.6 Å². The van der Waals surface area contributed by atoms with Crippen molar-refractivity contribution in [2.75, 3.05) is 5.32 Å². The molecule has 1 heterocycles. The Morgan fingerprint density at radius 1 is 1.47 bits per heavy atom. The number of aromatic nitrogens is 2. The molecule has 0 aromatic carbocycles. The summed E-state index contributed by atoms with van der Waals surface area (Å²) in [4.78, 5) is 12.1. The van der Waals surface area contributed by atoms with Crippen molar-refractivity contribution in [1.29, 1.82) is 0 Å². The molecular formula is C14H22ClN3O. The summed E-state index contributed by atoms with van der Waals surface area (Å²) in [6, 6.07) is 0.341. The lowest BCUT2D eigenvalue weighted by atomic mass is 9.80. The second-order valence-corrected chi connectivity index (χ2v) is 6.26. The first-order chi connectivity index (χ1) is 8.99. The molecule has 0 amide bonds. The molecule has 1 aromatic rings. The lowest BCUT2D eigenvalue weighted by Gasteiger charge is -2.32. The molecule has 0 spiro atoms. The van der Waals surface area contributed by atoms with E-state index in [1.165, 1.54) is 23.9 Å². The van der Waals surface area contributed by atoms with Gasteiger partial charge in [0.1, 0.15) is 5.02 Å². The third-order valence-electron chi connectivity index (χ3n) is 3.76. The van der Waals surface area contributed by atoms with Gasteiger partial charge in [0.15, 0.2) is 0 Å². The highest BCUT2D eigenvalue weighted by Crippen LogP contribution is 2.31. The number of anilines is 1. The first-order valence-corrected chi connectivity index (χ1v) is 7.39. The molecule has 0 aliphatic heterocycles. The first kappa shape index (κ1) is 14.4. The minimum atomic E-state index is -0.207. The molecule has 1 aromatic heterocycles. The Morgan fingerprint density at radius 3 is 2.68 bits per heavy atom. The van der Waals surface area contributed by atoms with Crippen LogP contribution in [0.25, 0.3) is 0 Å². The third-order valence-corrected chi connectivity index (χ3v) is 4.13. The van der Waals surface area contributed by atoms with Gasteiger partial charge in [-0.05, 0) is 31.6 Å². The molecular weight excluding hydrogens is 262 g/mol. The summed E-state index contributed by atoms with van der Waals surface area (Å²) in [6.45, 7) is 6.83. The average Bonchev–Trinajstić information content (AvgIpc) is 2.26. The van der Waals surface area contributed by atoms with E-state index in [1.54, 1.807) is 6.20 Å². The maximum absolute atomic E-state index is 12.1. The van der Waals surface area contributed by atoms with Gasteiger partial charge in [0.05, 0.1) is 11.9 Å². The van der Waals surface area contributed by atoms with Gasteiger partial charge >= 0.3 is 0 Å². The zero-order chi connectivity index (χ0) is 14.0. The van der Waals surface area contributed by atoms with Gasteiger partial charge in [-0.25, -0.2) is 4.68 Å². The smallest absolute Gasteiger partial charge is 0.287 e. The molecule has 1 aliphatic carbocycles. The standard InChI is InChI=1S/C14H22ClN3O/c1-9(2)8-18-14(19)13(15)12(7-16-18)17-10(3)11-5-4-6-11/h7,9-11,17H,4-6,8H2,1-3H3. The van der Waals surface area contributed by atoms with Crippen molar-refractivity contribution in [2.45, 2.75) is 52.6 Å². The summed E-state index contributed by atoms with van der Waals surface area (Å²) < 4.78 is 1.44. The highest BCUT2D eigenvalue weighted by molar-refractivity contribution is 6.32. The Bertz CT molecular complexity index is 494. The maximum Gasteiger partial charge on any atom is 0.287 e. The molecule has 1 saturated carbocycles. The lowest BCUT2D eigenvalue weighted by molar-refractivity contribution is 0.285. The van der Waals surface area contributed by atoms with E-state index in [9.17, 15) is 4.79 Å². The molecule has 0 radical (unpaired) electrons. The van der Waals surface area contributed by atoms with Crippen LogP contribution in [-0.2, 0) is 6.54 Å². The van der Waals surface area contributed by atoms with Crippen LogP contribution in [0.15, 0.2) is 11.0 Å². The summed E-state index contributed by atoms with van der Waals surface area (Å²) in [5, 5.41) is 7.77. The quantitative estimate of drug-likeness (QED) is 0.903. The summed E-state index contributed by atoms with van der Waals surface area (Å²) in [6.07, 6.45) is 5.48. The zero-order valence-corrected chi connectivity index (χ0v) is 12.6. The summed E-state index contributed by atoms with van der Waals surface area (Å²) in [5.74, 6) is 1.06. The monoisotopic (exact) mass is 283 g/mol. The van der Waals surface area contributed by atoms with Gasteiger partial charge in [-0.3, -0.25) is 4.79 Å². The molecule has 19 heavy (non-hydrogen) atoms. The van der Waals surface area contributed by atoms with Crippen LogP contribution in [0.4, 0.5) is 5.69 Å². The van der Waals surface area contributed by atoms with Gasteiger partial charge in [0.2, 0.25) is 0 Å². The van der Waals surface area contributed by atoms with E-state index in [2.05, 4.69) is 17.3 Å². The van der Waals surface area contributed by atoms with E-state index in [-0.39, 0.29) is 10.6 Å². The van der Waals surface area contributed by atoms with Crippen LogP contribution in [0.5, 0.6) is 0 Å². The van der Waals surface area contributed by atoms with E-state index in [0.29, 0.717) is 30.1 Å². The van der Waals surface area contributed by atoms with Crippen LogP contribution in [0, 0.1) is 11.8 Å². The van der Waals surface area contributed by atoms with Crippen molar-refractivity contribution in [3.05, 3.63) is 21.6 Å². The molecule has 1 fully saturated rings. The van der Waals surface area contributed by atoms with Gasteiger partial charge in [-0.2, -0.15) is 5.10 Å². The van der Waals surface area contributed by atoms with Gasteiger partial charge in [0.25, 0.3) is 5.56 Å². The highest BCUT2D eigenvalue weighted by atomic mass is 35.5. The Morgan fingerprint density at radius 2 is 2.16 bits per heavy atom. The number of hydrogen-bond donors (Lipinski definition) is 1. The molecule has 106 valence electrons. The molecule has 0 bridgehead atoms. The molecule has 1 aliphatic rings. The fourth-order valence-corrected chi connectivity index (χ4v) is 2.55. The van der Waals surface area contributed by atoms with Crippen LogP contribution >= 0.6 is 11.6 Å². The van der Waals surface area contributed by atoms with E-state index in [4.69, 9.17) is 11.6 Å². The summed E-state index contributed by atoms with van der Waals surface area (Å²) in [5.41, 5.74) is 0.451. The minimum absolute atomic E-state index is 0.207. The molecule has 0 saturated heterocycles. The number of hydrogen-bond acceptors (Lipinski definition) is 3. The number of halogens is 1. The largest absolute Gasteiger partial charge is 0.380 e. The molecule has 1 unspecified atom stereocenters. The third kappa shape index (κ3) is 3.30. The Hall–Kier alpha value is -1.03. The van der Waals surface area contributed by atoms with Crippen LogP contribution in [0.1, 0.15) is 40.0 Å². The Labute approximate surface area is 119 Å². The van der Waals surface area contributed by atoms with E-state index >= 15 is 0 Å². The van der Waals surface area contributed by atoms with E-state index in [1.807, 2.05) is 13.8 Å². The molecule has 1 N–H and O–H groups in total. The molecule has 5 heteroatoms. The fourth-order valence-electron chi connectivity index (χ4n) is 2.34. The molecule has 1 atom stereocenters. The van der Waals surface area contributed by atoms with Gasteiger partial charge in [-0.1, -0.05) is 31.9 Å². The summed E-state index contributed by atoms with van der Waals surface area (Å²) >= 11 is 6.16. The lowest BCUT2D eigenvalue weighted by Crippen LogP contribution is -2.32. The van der Waals surface area contributed by atoms with Crippen molar-refractivity contribution in [2.24, 2.45) is 11.8 Å². The zero-order valence-electron chi connectivity index (χ0n) is 11.8. The minimum Gasteiger partial charge on any atom is -0.380 e. The number of nitrogens with one attached hydrogen (secondary N) is 1. The van der Waals surface area contributed by atoms with Crippen LogP contribution in [-0.4, -0.2) is 15.8 Å². The number of rotatable bonds is 5. The first-order valence-electron chi connectivity index (χ1n) is 7.01. The Balaban J connectivity index is 2.13. The second kappa shape index (κ2) is 5.95. The van der Waals surface area contributed by atoms with Crippen LogP contribution in [0.3, 0.4) is 0 Å². The second-order valence-electron chi connectivity index (χ2n) is 5.88. The van der Waals surface area contributed by atoms with E-state index in [0.717, 1.165) is 0 Å². The van der Waals surface area contributed by atoms with Crippen molar-refractivity contribution >= 4 is 17.3 Å². The maximum atomic E-state index is 12.1. The number of nitrogens with zero attached hydrogens (tertiary/aromatic N) is 2. The van der Waals surface area contributed by atoms with Crippen molar-refractivity contribution in [3.8, 4) is 0 Å². The fraction of sp³-hybridized carbons (Fsp3) is 0.714. The van der Waals surface area contributed by atoms with Crippen molar-refractivity contribution < 1.29 is 0 Å². The average molecular weight is 284 g/mol. The topological polar surface area (TPSA) is 46.9 Å². The Kier molecular flexibility index (Phi) is 4.50. The van der Waals surface area contributed by atoms with Crippen LogP contribution in [0.2, 0.25) is 5.02 Å². The summed E-state index contributed by atoms with van der Waals surface area (Å²) in [7, 11) is 0. The predicted octanol–water partition coefficient (Wildman–Crippen LogP) is 3.15. The van der Waals surface area contributed by atoms with Crippen molar-refractivity contribution in [3.63, 3.8) is 0 Å².